The third-order valence-electron chi connectivity index (χ3n) is 13.9. The first-order chi connectivity index (χ1) is 36.7. The van der Waals surface area contributed by atoms with E-state index in [9.17, 15) is 38.7 Å². The Morgan fingerprint density at radius 1 is 0.658 bits per heavy atom. The third kappa shape index (κ3) is 11.4. The van der Waals surface area contributed by atoms with Crippen LogP contribution in [0.1, 0.15) is 75.6 Å². The number of benzene rings is 5. The molecule has 4 heterocycles. The first-order valence-electron chi connectivity index (χ1n) is 25.1. The van der Waals surface area contributed by atoms with Gasteiger partial charge in [-0.2, -0.15) is 0 Å². The zero-order chi connectivity index (χ0) is 53.6. The number of likely N-dealkylation sites (N-methyl/N-ethyl adjacent to an activating group) is 1. The first kappa shape index (κ1) is 52.2. The van der Waals surface area contributed by atoms with Crippen LogP contribution in [-0.2, 0) is 50.0 Å². The lowest BCUT2D eigenvalue weighted by Crippen LogP contribution is -2.45. The summed E-state index contributed by atoms with van der Waals surface area (Å²) in [6.07, 6.45) is 1.70. The number of hydrogen-bond donors (Lipinski definition) is 6. The molecular formula is C56H60N8O12. The monoisotopic (exact) mass is 1040 g/mol. The van der Waals surface area contributed by atoms with Crippen molar-refractivity contribution in [3.63, 3.8) is 0 Å². The molecule has 76 heavy (non-hydrogen) atoms. The maximum atomic E-state index is 14.1. The summed E-state index contributed by atoms with van der Waals surface area (Å²) in [4.78, 5) is 95.1. The summed E-state index contributed by atoms with van der Waals surface area (Å²) in [5.74, 6) is -1.29. The van der Waals surface area contributed by atoms with E-state index in [1.54, 1.807) is 48.3 Å². The summed E-state index contributed by atoms with van der Waals surface area (Å²) in [6, 6.07) is 26.7. The molecule has 0 radical (unpaired) electrons. The quantitative estimate of drug-likeness (QED) is 0.0583. The van der Waals surface area contributed by atoms with Crippen LogP contribution in [-0.4, -0.2) is 112 Å². The van der Waals surface area contributed by atoms with Gasteiger partial charge in [0.1, 0.15) is 25.2 Å². The van der Waals surface area contributed by atoms with Gasteiger partial charge in [0.05, 0.1) is 68.4 Å². The fourth-order valence-corrected chi connectivity index (χ4v) is 9.95. The van der Waals surface area contributed by atoms with Gasteiger partial charge in [0.15, 0.2) is 23.0 Å². The predicted molar refractivity (Wildman–Crippen MR) is 282 cm³/mol. The number of ether oxygens (including phenoxy) is 4. The second-order valence-electron chi connectivity index (χ2n) is 19.1. The van der Waals surface area contributed by atoms with Crippen molar-refractivity contribution in [3.8, 4) is 23.0 Å². The van der Waals surface area contributed by atoms with Crippen molar-refractivity contribution in [3.05, 3.63) is 124 Å². The summed E-state index contributed by atoms with van der Waals surface area (Å²) < 4.78 is 24.4. The summed E-state index contributed by atoms with van der Waals surface area (Å²) in [5, 5.41) is 25.4. The normalized spacial score (nSPS) is 16.6. The Labute approximate surface area is 439 Å². The standard InChI is InChI=1S/C56H60N8O12/c1-32(65)11-5-10-16-50(66)58-27-51(67)59-28-52(68)60-29-53(69)62(2)37-18-33(30-75-48-24-41-39(22-46(48)73-3)55(71)63-38(26-57-41)20-35-12-6-8-14-43(35)63)17-34(19-37)31-76-49-25-42-40(23-47(49)74-4)56(72)64-44-15-9-7-13-36(44)21-45(64)54(70)61-42/h6-9,12-15,17-19,22-25,38,45,54,57,61,70H,5,10-11,16,20-21,26-31H2,1-4H3,(H,58,66)(H,59,67)(H,60,68)/t38-,45-,54?/m0/s1. The number of unbranched alkanes of at least 4 members (excludes halogenated alkanes) is 1. The van der Waals surface area contributed by atoms with E-state index in [1.165, 1.54) is 26.0 Å². The summed E-state index contributed by atoms with van der Waals surface area (Å²) in [6.45, 7) is 0.690. The zero-order valence-corrected chi connectivity index (χ0v) is 42.7. The summed E-state index contributed by atoms with van der Waals surface area (Å²) in [7, 11) is 4.50. The Morgan fingerprint density at radius 2 is 1.20 bits per heavy atom. The van der Waals surface area contributed by atoms with Crippen molar-refractivity contribution in [2.75, 3.05) is 72.8 Å². The van der Waals surface area contributed by atoms with Gasteiger partial charge in [0, 0.05) is 55.6 Å². The number of para-hydroxylation sites is 2. The Balaban J connectivity index is 0.910. The van der Waals surface area contributed by atoms with Crippen LogP contribution in [0, 0.1) is 0 Å². The highest BCUT2D eigenvalue weighted by Gasteiger charge is 2.42. The molecule has 396 valence electrons. The van der Waals surface area contributed by atoms with Crippen molar-refractivity contribution in [1.82, 2.24) is 16.0 Å². The minimum atomic E-state index is -1.10. The number of carbonyl (C=O) groups is 7. The molecule has 5 aromatic carbocycles. The largest absolute Gasteiger partial charge is 0.493 e. The number of fused-ring (bicyclic) bond motifs is 8. The molecule has 1 unspecified atom stereocenters. The van der Waals surface area contributed by atoms with E-state index in [2.05, 4.69) is 26.6 Å². The molecule has 0 fully saturated rings. The second kappa shape index (κ2) is 22.9. The van der Waals surface area contributed by atoms with Crippen molar-refractivity contribution >= 4 is 69.7 Å². The highest BCUT2D eigenvalue weighted by molar-refractivity contribution is 6.13. The van der Waals surface area contributed by atoms with Crippen LogP contribution in [0.15, 0.2) is 91.0 Å². The Kier molecular flexibility index (Phi) is 15.7. The molecule has 9 rings (SSSR count). The Hall–Kier alpha value is -8.65. The fourth-order valence-electron chi connectivity index (χ4n) is 9.95. The van der Waals surface area contributed by atoms with Gasteiger partial charge in [-0.1, -0.05) is 36.4 Å². The molecule has 4 aliphatic heterocycles. The van der Waals surface area contributed by atoms with Crippen molar-refractivity contribution in [2.45, 2.75) is 77.0 Å². The van der Waals surface area contributed by atoms with Crippen molar-refractivity contribution < 1.29 is 57.6 Å². The topological polar surface area (TPSA) is 247 Å². The van der Waals surface area contributed by atoms with Crippen LogP contribution in [0.2, 0.25) is 0 Å². The number of carbonyl (C=O) groups excluding carboxylic acids is 7. The third-order valence-corrected chi connectivity index (χ3v) is 13.9. The Morgan fingerprint density at radius 3 is 1.83 bits per heavy atom. The molecule has 0 saturated heterocycles. The van der Waals surface area contributed by atoms with Crippen LogP contribution >= 0.6 is 0 Å². The predicted octanol–water partition coefficient (Wildman–Crippen LogP) is 4.64. The van der Waals surface area contributed by atoms with Gasteiger partial charge >= 0.3 is 0 Å². The van der Waals surface area contributed by atoms with Gasteiger partial charge in [-0.05, 0) is 97.3 Å². The molecular weight excluding hydrogens is 977 g/mol. The number of ketones is 1. The number of aliphatic hydroxyl groups is 1. The molecule has 4 aliphatic rings. The summed E-state index contributed by atoms with van der Waals surface area (Å²) >= 11 is 0. The Bertz CT molecular complexity index is 3110. The van der Waals surface area contributed by atoms with Gasteiger partial charge in [0.25, 0.3) is 11.8 Å². The van der Waals surface area contributed by atoms with E-state index in [1.807, 2.05) is 59.5 Å². The fraction of sp³-hybridized carbons (Fsp3) is 0.339. The van der Waals surface area contributed by atoms with E-state index in [4.69, 9.17) is 18.9 Å². The first-order valence-corrected chi connectivity index (χ1v) is 25.1. The lowest BCUT2D eigenvalue weighted by atomic mass is 10.1. The maximum Gasteiger partial charge on any atom is 0.260 e. The lowest BCUT2D eigenvalue weighted by Gasteiger charge is -2.26. The van der Waals surface area contributed by atoms with Crippen LogP contribution in [0.4, 0.5) is 28.4 Å². The average molecular weight is 1040 g/mol. The number of nitrogens with zero attached hydrogens (tertiary/aromatic N) is 3. The molecule has 3 atom stereocenters. The zero-order valence-electron chi connectivity index (χ0n) is 42.7. The molecule has 6 N–H and O–H groups in total. The number of aliphatic hydroxyl groups excluding tert-OH is 1. The average Bonchev–Trinajstić information content (AvgIpc) is 3.95. The van der Waals surface area contributed by atoms with E-state index >= 15 is 0 Å². The van der Waals surface area contributed by atoms with Crippen LogP contribution in [0.5, 0.6) is 23.0 Å². The maximum absolute atomic E-state index is 14.1. The van der Waals surface area contributed by atoms with Crippen LogP contribution in [0.3, 0.4) is 0 Å². The highest BCUT2D eigenvalue weighted by atomic mass is 16.5. The van der Waals surface area contributed by atoms with Gasteiger partial charge in [-0.3, -0.25) is 28.8 Å². The molecule has 0 aromatic heterocycles. The van der Waals surface area contributed by atoms with E-state index < -0.39 is 43.1 Å². The number of hydrogen-bond acceptors (Lipinski definition) is 14. The minimum absolute atomic E-state index is 0.0300. The number of anilines is 5. The highest BCUT2D eigenvalue weighted by Crippen LogP contribution is 2.43. The van der Waals surface area contributed by atoms with Gasteiger partial charge in [0.2, 0.25) is 23.6 Å². The molecule has 20 heteroatoms. The number of nitrogens with one attached hydrogen (secondary N) is 5. The summed E-state index contributed by atoms with van der Waals surface area (Å²) in [5.41, 5.74) is 6.95. The van der Waals surface area contributed by atoms with E-state index in [-0.39, 0.29) is 72.8 Å². The molecule has 0 saturated carbocycles. The van der Waals surface area contributed by atoms with E-state index in [0.29, 0.717) is 77.5 Å². The van der Waals surface area contributed by atoms with E-state index in [0.717, 1.165) is 28.9 Å². The van der Waals surface area contributed by atoms with Gasteiger partial charge in [-0.15, -0.1) is 0 Å². The molecule has 0 aliphatic carbocycles. The number of Topliss-reactive ketones (excluding diaryl/α,β-unsaturated/α-hetero) is 1. The molecule has 5 aromatic rings. The van der Waals surface area contributed by atoms with Crippen molar-refractivity contribution in [2.24, 2.45) is 0 Å². The molecule has 20 nitrogen and oxygen atoms in total. The van der Waals surface area contributed by atoms with Crippen LogP contribution < -0.4 is 60.2 Å². The number of amides is 6. The minimum Gasteiger partial charge on any atom is -0.493 e. The SMILES string of the molecule is COc1cc2c(cc1OCc1cc(COc3cc4c(cc3OC)C(=O)N3c5ccccc5C[C@H]3C(O)N4)cc(N(C)C(=O)CNC(=O)CNC(=O)CNC(=O)CCCCC(C)=O)c1)NC[C@@H]1Cc3ccccc3N1C2=O. The van der Waals surface area contributed by atoms with Crippen LogP contribution in [0.25, 0.3) is 0 Å². The molecule has 0 bridgehead atoms. The molecule has 6 amide bonds. The second-order valence-corrected chi connectivity index (χ2v) is 19.1. The molecule has 0 spiro atoms. The number of rotatable bonds is 20. The smallest absolute Gasteiger partial charge is 0.260 e. The lowest BCUT2D eigenvalue weighted by molar-refractivity contribution is -0.128. The van der Waals surface area contributed by atoms with Crippen molar-refractivity contribution in [1.29, 1.82) is 0 Å². The van der Waals surface area contributed by atoms with Gasteiger partial charge < -0.3 is 70.1 Å². The van der Waals surface area contributed by atoms with Gasteiger partial charge in [-0.25, -0.2) is 0 Å². The number of methoxy groups -OCH3 is 2.